The van der Waals surface area contributed by atoms with Crippen LogP contribution in [0.15, 0.2) is 30.3 Å². The Morgan fingerprint density at radius 1 is 1.27 bits per heavy atom. The van der Waals surface area contributed by atoms with Crippen molar-refractivity contribution in [1.82, 2.24) is 25.3 Å². The molecule has 3 amide bonds. The SMILES string of the molecule is COc1cccc(CN2CCn3nc(C(=O)NC4CCCCNC4=O)cc3C2=O)c1. The molecule has 2 N–H and O–H groups in total. The van der Waals surface area contributed by atoms with Crippen molar-refractivity contribution in [2.75, 3.05) is 20.2 Å². The summed E-state index contributed by atoms with van der Waals surface area (Å²) in [7, 11) is 1.61. The highest BCUT2D eigenvalue weighted by atomic mass is 16.5. The number of aromatic nitrogens is 2. The van der Waals surface area contributed by atoms with Gasteiger partial charge in [0.05, 0.1) is 13.7 Å². The lowest BCUT2D eigenvalue weighted by Gasteiger charge is -2.27. The average Bonchev–Trinajstić information content (AvgIpc) is 3.10. The number of ether oxygens (including phenoxy) is 1. The lowest BCUT2D eigenvalue weighted by Crippen LogP contribution is -2.45. The molecular weight excluding hydrogens is 386 g/mol. The number of benzene rings is 1. The van der Waals surface area contributed by atoms with E-state index in [2.05, 4.69) is 15.7 Å². The quantitative estimate of drug-likeness (QED) is 0.762. The van der Waals surface area contributed by atoms with E-state index in [0.717, 1.165) is 24.2 Å². The first-order chi connectivity index (χ1) is 14.5. The van der Waals surface area contributed by atoms with E-state index in [1.165, 1.54) is 6.07 Å². The summed E-state index contributed by atoms with van der Waals surface area (Å²) < 4.78 is 6.81. The van der Waals surface area contributed by atoms with E-state index in [1.54, 1.807) is 16.7 Å². The molecule has 1 atom stereocenters. The Kier molecular flexibility index (Phi) is 5.69. The highest BCUT2D eigenvalue weighted by Gasteiger charge is 2.29. The molecule has 30 heavy (non-hydrogen) atoms. The van der Waals surface area contributed by atoms with Crippen LogP contribution in [-0.4, -0.2) is 58.6 Å². The van der Waals surface area contributed by atoms with Gasteiger partial charge in [-0.05, 0) is 37.0 Å². The van der Waals surface area contributed by atoms with Gasteiger partial charge in [0.2, 0.25) is 5.91 Å². The maximum absolute atomic E-state index is 12.9. The molecule has 2 aliphatic rings. The van der Waals surface area contributed by atoms with Crippen LogP contribution in [0.3, 0.4) is 0 Å². The topological polar surface area (TPSA) is 106 Å². The number of carbonyl (C=O) groups excluding carboxylic acids is 3. The Balaban J connectivity index is 1.45. The number of methoxy groups -OCH3 is 1. The van der Waals surface area contributed by atoms with Gasteiger partial charge >= 0.3 is 0 Å². The minimum absolute atomic E-state index is 0.152. The monoisotopic (exact) mass is 411 g/mol. The third-order valence-corrected chi connectivity index (χ3v) is 5.45. The van der Waals surface area contributed by atoms with E-state index in [4.69, 9.17) is 4.74 Å². The van der Waals surface area contributed by atoms with Crippen LogP contribution in [0.1, 0.15) is 45.8 Å². The standard InChI is InChI=1S/C21H25N5O4/c1-30-15-6-4-5-14(11-15)13-25-9-10-26-18(21(25)29)12-17(24-26)20(28)23-16-7-2-3-8-22-19(16)27/h4-6,11-12,16H,2-3,7-10,13H2,1H3,(H,22,27)(H,23,28). The van der Waals surface area contributed by atoms with Gasteiger partial charge < -0.3 is 20.3 Å². The van der Waals surface area contributed by atoms with Gasteiger partial charge in [-0.15, -0.1) is 0 Å². The minimum Gasteiger partial charge on any atom is -0.497 e. The fourth-order valence-corrected chi connectivity index (χ4v) is 3.80. The summed E-state index contributed by atoms with van der Waals surface area (Å²) in [5, 5.41) is 9.83. The molecule has 0 spiro atoms. The van der Waals surface area contributed by atoms with Crippen LogP contribution in [0, 0.1) is 0 Å². The third-order valence-electron chi connectivity index (χ3n) is 5.45. The summed E-state index contributed by atoms with van der Waals surface area (Å²) in [6, 6.07) is 8.52. The second-order valence-electron chi connectivity index (χ2n) is 7.53. The molecule has 1 aromatic carbocycles. The Bertz CT molecular complexity index is 970. The molecular formula is C21H25N5O4. The molecule has 9 nitrogen and oxygen atoms in total. The second-order valence-corrected chi connectivity index (χ2v) is 7.53. The van der Waals surface area contributed by atoms with Crippen LogP contribution in [0.25, 0.3) is 0 Å². The number of fused-ring (bicyclic) bond motifs is 1. The molecule has 0 saturated carbocycles. The van der Waals surface area contributed by atoms with Crippen LogP contribution < -0.4 is 15.4 Å². The molecule has 1 saturated heterocycles. The number of hydrogen-bond acceptors (Lipinski definition) is 5. The zero-order chi connectivity index (χ0) is 21.1. The van der Waals surface area contributed by atoms with Crippen LogP contribution in [0.5, 0.6) is 5.75 Å². The van der Waals surface area contributed by atoms with Crippen LogP contribution in [0.2, 0.25) is 0 Å². The highest BCUT2D eigenvalue weighted by molar-refractivity contribution is 5.99. The van der Waals surface area contributed by atoms with E-state index in [9.17, 15) is 14.4 Å². The molecule has 2 aliphatic heterocycles. The van der Waals surface area contributed by atoms with Gasteiger partial charge in [-0.25, -0.2) is 0 Å². The van der Waals surface area contributed by atoms with E-state index >= 15 is 0 Å². The van der Waals surface area contributed by atoms with Crippen LogP contribution in [0.4, 0.5) is 0 Å². The lowest BCUT2D eigenvalue weighted by molar-refractivity contribution is -0.122. The predicted molar refractivity (Wildman–Crippen MR) is 108 cm³/mol. The number of hydrogen-bond donors (Lipinski definition) is 2. The number of nitrogens with one attached hydrogen (secondary N) is 2. The zero-order valence-corrected chi connectivity index (χ0v) is 16.9. The van der Waals surface area contributed by atoms with E-state index in [0.29, 0.717) is 38.3 Å². The molecule has 0 radical (unpaired) electrons. The fraction of sp³-hybridized carbons (Fsp3) is 0.429. The van der Waals surface area contributed by atoms with Gasteiger partial charge in [0.25, 0.3) is 11.8 Å². The highest BCUT2D eigenvalue weighted by Crippen LogP contribution is 2.19. The third kappa shape index (κ3) is 4.14. The Morgan fingerprint density at radius 2 is 2.13 bits per heavy atom. The summed E-state index contributed by atoms with van der Waals surface area (Å²) in [5.74, 6) is -0.0530. The van der Waals surface area contributed by atoms with Gasteiger partial charge in [0.15, 0.2) is 5.69 Å². The van der Waals surface area contributed by atoms with Crippen molar-refractivity contribution in [3.05, 3.63) is 47.3 Å². The molecule has 0 aliphatic carbocycles. The van der Waals surface area contributed by atoms with Crippen molar-refractivity contribution < 1.29 is 19.1 Å². The summed E-state index contributed by atoms with van der Waals surface area (Å²) in [5.41, 5.74) is 1.49. The lowest BCUT2D eigenvalue weighted by atomic mass is 10.1. The first kappa shape index (κ1) is 19.9. The zero-order valence-electron chi connectivity index (χ0n) is 16.9. The van der Waals surface area contributed by atoms with Gasteiger partial charge in [0, 0.05) is 25.7 Å². The molecule has 2 aromatic rings. The van der Waals surface area contributed by atoms with Gasteiger partial charge in [0.1, 0.15) is 17.5 Å². The minimum atomic E-state index is -0.570. The maximum Gasteiger partial charge on any atom is 0.272 e. The number of rotatable bonds is 5. The van der Waals surface area contributed by atoms with Crippen LogP contribution >= 0.6 is 0 Å². The normalized spacial score (nSPS) is 19.0. The Labute approximate surface area is 174 Å². The van der Waals surface area contributed by atoms with E-state index < -0.39 is 11.9 Å². The summed E-state index contributed by atoms with van der Waals surface area (Å²) >= 11 is 0. The first-order valence-corrected chi connectivity index (χ1v) is 10.1. The molecule has 9 heteroatoms. The van der Waals surface area contributed by atoms with Crippen molar-refractivity contribution in [1.29, 1.82) is 0 Å². The molecule has 3 heterocycles. The number of amides is 3. The summed E-state index contributed by atoms with van der Waals surface area (Å²) in [6.45, 7) is 2.08. The van der Waals surface area contributed by atoms with E-state index in [-0.39, 0.29) is 17.5 Å². The molecule has 1 fully saturated rings. The van der Waals surface area contributed by atoms with Crippen molar-refractivity contribution in [2.24, 2.45) is 0 Å². The van der Waals surface area contributed by atoms with Gasteiger partial charge in [-0.2, -0.15) is 5.10 Å². The van der Waals surface area contributed by atoms with Crippen molar-refractivity contribution in [3.63, 3.8) is 0 Å². The Hall–Kier alpha value is -3.36. The fourth-order valence-electron chi connectivity index (χ4n) is 3.80. The molecule has 0 bridgehead atoms. The largest absolute Gasteiger partial charge is 0.497 e. The maximum atomic E-state index is 12.9. The predicted octanol–water partition coefficient (Wildman–Crippen LogP) is 0.946. The Morgan fingerprint density at radius 3 is 2.97 bits per heavy atom. The molecule has 1 unspecified atom stereocenters. The van der Waals surface area contributed by atoms with Gasteiger partial charge in [-0.3, -0.25) is 19.1 Å². The smallest absolute Gasteiger partial charge is 0.272 e. The number of carbonyl (C=O) groups is 3. The second kappa shape index (κ2) is 8.56. The molecule has 1 aromatic heterocycles. The number of nitrogens with zero attached hydrogens (tertiary/aromatic N) is 3. The summed E-state index contributed by atoms with van der Waals surface area (Å²) in [4.78, 5) is 39.4. The van der Waals surface area contributed by atoms with E-state index in [1.807, 2.05) is 24.3 Å². The van der Waals surface area contributed by atoms with Crippen LogP contribution in [-0.2, 0) is 17.9 Å². The van der Waals surface area contributed by atoms with Crippen molar-refractivity contribution in [2.45, 2.75) is 38.4 Å². The molecule has 4 rings (SSSR count). The van der Waals surface area contributed by atoms with Crippen molar-refractivity contribution in [3.8, 4) is 5.75 Å². The molecule has 158 valence electrons. The van der Waals surface area contributed by atoms with Gasteiger partial charge in [-0.1, -0.05) is 12.1 Å². The first-order valence-electron chi connectivity index (χ1n) is 10.1. The summed E-state index contributed by atoms with van der Waals surface area (Å²) in [6.07, 6.45) is 2.36. The van der Waals surface area contributed by atoms with Crippen molar-refractivity contribution >= 4 is 17.7 Å². The average molecular weight is 411 g/mol.